The summed E-state index contributed by atoms with van der Waals surface area (Å²) >= 11 is 2.59. The van der Waals surface area contributed by atoms with E-state index in [-0.39, 0.29) is 5.33 Å². The van der Waals surface area contributed by atoms with Crippen molar-refractivity contribution in [1.29, 1.82) is 0 Å². The Morgan fingerprint density at radius 3 is 1.89 bits per heavy atom. The standard InChI is InChI=1S/C4H5BrF4/c5-2-3(6)1-4(7,8)9/h3H,1-2H2. The molecule has 0 aliphatic rings. The van der Waals surface area contributed by atoms with Gasteiger partial charge in [0.2, 0.25) is 0 Å². The van der Waals surface area contributed by atoms with E-state index >= 15 is 0 Å². The molecule has 0 heterocycles. The summed E-state index contributed by atoms with van der Waals surface area (Å²) in [5, 5.41) is -0.257. The van der Waals surface area contributed by atoms with E-state index in [9.17, 15) is 17.6 Å². The van der Waals surface area contributed by atoms with Crippen molar-refractivity contribution in [3.8, 4) is 0 Å². The van der Waals surface area contributed by atoms with Crippen LogP contribution in [0.1, 0.15) is 6.42 Å². The summed E-state index contributed by atoms with van der Waals surface area (Å²) in [5.74, 6) is 0. The number of rotatable bonds is 2. The third kappa shape index (κ3) is 6.08. The smallest absolute Gasteiger partial charge is 0.246 e. The Balaban J connectivity index is 3.47. The van der Waals surface area contributed by atoms with E-state index < -0.39 is 18.8 Å². The average molecular weight is 209 g/mol. The van der Waals surface area contributed by atoms with E-state index in [4.69, 9.17) is 0 Å². The lowest BCUT2D eigenvalue weighted by atomic mass is 10.3. The molecule has 1 unspecified atom stereocenters. The van der Waals surface area contributed by atoms with Gasteiger partial charge in [0.1, 0.15) is 6.17 Å². The first-order chi connectivity index (χ1) is 3.95. The van der Waals surface area contributed by atoms with Crippen molar-refractivity contribution in [3.05, 3.63) is 0 Å². The van der Waals surface area contributed by atoms with Gasteiger partial charge in [-0.2, -0.15) is 13.2 Å². The fourth-order valence-corrected chi connectivity index (χ4v) is 0.535. The zero-order valence-electron chi connectivity index (χ0n) is 4.38. The van der Waals surface area contributed by atoms with Gasteiger partial charge >= 0.3 is 6.18 Å². The molecule has 5 heteroatoms. The molecule has 1 atom stereocenters. The summed E-state index contributed by atoms with van der Waals surface area (Å²) in [7, 11) is 0. The molecule has 0 amide bonds. The zero-order valence-corrected chi connectivity index (χ0v) is 5.97. The fraction of sp³-hybridized carbons (Fsp3) is 1.00. The number of hydrogen-bond acceptors (Lipinski definition) is 0. The van der Waals surface area contributed by atoms with Crippen LogP contribution in [-0.4, -0.2) is 17.7 Å². The van der Waals surface area contributed by atoms with Crippen molar-refractivity contribution in [2.75, 3.05) is 5.33 Å². The normalized spacial score (nSPS) is 15.7. The van der Waals surface area contributed by atoms with Gasteiger partial charge in [-0.1, -0.05) is 15.9 Å². The van der Waals surface area contributed by atoms with Crippen LogP contribution in [0, 0.1) is 0 Å². The van der Waals surface area contributed by atoms with Crippen molar-refractivity contribution in [2.24, 2.45) is 0 Å². The Morgan fingerprint density at radius 2 is 1.78 bits per heavy atom. The summed E-state index contributed by atoms with van der Waals surface area (Å²) in [6, 6.07) is 0. The summed E-state index contributed by atoms with van der Waals surface area (Å²) in [4.78, 5) is 0. The van der Waals surface area contributed by atoms with E-state index in [2.05, 4.69) is 15.9 Å². The molecule has 0 aliphatic carbocycles. The highest BCUT2D eigenvalue weighted by Gasteiger charge is 2.31. The minimum atomic E-state index is -4.38. The largest absolute Gasteiger partial charge is 0.391 e. The first-order valence-electron chi connectivity index (χ1n) is 2.22. The van der Waals surface area contributed by atoms with E-state index in [1.807, 2.05) is 0 Å². The van der Waals surface area contributed by atoms with Gasteiger partial charge in [-0.15, -0.1) is 0 Å². The molecule has 0 N–H and O–H groups in total. The maximum atomic E-state index is 11.9. The van der Waals surface area contributed by atoms with Gasteiger partial charge in [0, 0.05) is 5.33 Å². The third-order valence-corrected chi connectivity index (χ3v) is 1.32. The van der Waals surface area contributed by atoms with Crippen LogP contribution in [0.2, 0.25) is 0 Å². The molecule has 0 nitrogen and oxygen atoms in total. The van der Waals surface area contributed by atoms with Crippen molar-refractivity contribution in [1.82, 2.24) is 0 Å². The van der Waals surface area contributed by atoms with Gasteiger partial charge in [0.15, 0.2) is 0 Å². The molecule has 0 aromatic rings. The van der Waals surface area contributed by atoms with Crippen LogP contribution >= 0.6 is 15.9 Å². The lowest BCUT2D eigenvalue weighted by Gasteiger charge is -2.06. The second kappa shape index (κ2) is 3.39. The minimum absolute atomic E-state index is 0.257. The highest BCUT2D eigenvalue weighted by atomic mass is 79.9. The monoisotopic (exact) mass is 208 g/mol. The summed E-state index contributed by atoms with van der Waals surface area (Å²) in [6.07, 6.45) is -7.56. The zero-order chi connectivity index (χ0) is 7.49. The van der Waals surface area contributed by atoms with Gasteiger partial charge in [0.25, 0.3) is 0 Å². The number of hydrogen-bond donors (Lipinski definition) is 0. The van der Waals surface area contributed by atoms with Crippen LogP contribution in [0.5, 0.6) is 0 Å². The van der Waals surface area contributed by atoms with Crippen LogP contribution < -0.4 is 0 Å². The number of alkyl halides is 5. The van der Waals surface area contributed by atoms with E-state index in [1.165, 1.54) is 0 Å². The molecular formula is C4H5BrF4. The summed E-state index contributed by atoms with van der Waals surface area (Å²) < 4.78 is 45.6. The second-order valence-electron chi connectivity index (χ2n) is 1.57. The molecule has 0 fully saturated rings. The van der Waals surface area contributed by atoms with Gasteiger partial charge in [-0.3, -0.25) is 0 Å². The van der Waals surface area contributed by atoms with Crippen LogP contribution in [0.15, 0.2) is 0 Å². The molecular weight excluding hydrogens is 204 g/mol. The topological polar surface area (TPSA) is 0 Å². The Hall–Kier alpha value is 0.200. The molecule has 0 aliphatic heterocycles. The van der Waals surface area contributed by atoms with Crippen molar-refractivity contribution >= 4 is 15.9 Å². The maximum Gasteiger partial charge on any atom is 0.391 e. The van der Waals surface area contributed by atoms with E-state index in [0.29, 0.717) is 0 Å². The van der Waals surface area contributed by atoms with Crippen LogP contribution in [-0.2, 0) is 0 Å². The lowest BCUT2D eigenvalue weighted by molar-refractivity contribution is -0.144. The van der Waals surface area contributed by atoms with Crippen LogP contribution in [0.25, 0.3) is 0 Å². The Kier molecular flexibility index (Phi) is 3.46. The average Bonchev–Trinajstić information content (AvgIpc) is 1.62. The molecule has 0 aromatic heterocycles. The first kappa shape index (κ1) is 9.20. The van der Waals surface area contributed by atoms with Crippen molar-refractivity contribution in [2.45, 2.75) is 18.8 Å². The van der Waals surface area contributed by atoms with Crippen molar-refractivity contribution in [3.63, 3.8) is 0 Å². The van der Waals surface area contributed by atoms with E-state index in [0.717, 1.165) is 0 Å². The SMILES string of the molecule is FC(CBr)CC(F)(F)F. The molecule has 0 bridgehead atoms. The molecule has 0 aromatic carbocycles. The van der Waals surface area contributed by atoms with Crippen LogP contribution in [0.3, 0.4) is 0 Å². The predicted molar refractivity (Wildman–Crippen MR) is 29.4 cm³/mol. The Labute approximate surface area is 58.4 Å². The summed E-state index contributed by atoms with van der Waals surface area (Å²) in [6.45, 7) is 0. The Bertz CT molecular complexity index is 79.1. The van der Waals surface area contributed by atoms with Crippen molar-refractivity contribution < 1.29 is 17.6 Å². The summed E-state index contributed by atoms with van der Waals surface area (Å²) in [5.41, 5.74) is 0. The maximum absolute atomic E-state index is 11.9. The third-order valence-electron chi connectivity index (χ3n) is 0.620. The highest BCUT2D eigenvalue weighted by molar-refractivity contribution is 9.09. The first-order valence-corrected chi connectivity index (χ1v) is 3.34. The molecule has 0 saturated heterocycles. The van der Waals surface area contributed by atoms with Gasteiger partial charge in [-0.05, 0) is 0 Å². The minimum Gasteiger partial charge on any atom is -0.246 e. The van der Waals surface area contributed by atoms with Gasteiger partial charge in [0.05, 0.1) is 6.42 Å². The Morgan fingerprint density at radius 1 is 1.33 bits per heavy atom. The molecule has 0 saturated carbocycles. The lowest BCUT2D eigenvalue weighted by Crippen LogP contribution is -2.16. The predicted octanol–water partition coefficient (Wildman–Crippen LogP) is 2.67. The molecule has 0 spiro atoms. The van der Waals surface area contributed by atoms with Gasteiger partial charge < -0.3 is 0 Å². The van der Waals surface area contributed by atoms with Crippen LogP contribution in [0.4, 0.5) is 17.6 Å². The molecule has 56 valence electrons. The molecule has 0 rings (SSSR count). The fourth-order valence-electron chi connectivity index (χ4n) is 0.306. The molecule has 9 heavy (non-hydrogen) atoms. The number of halogens is 5. The molecule has 0 radical (unpaired) electrons. The quantitative estimate of drug-likeness (QED) is 0.484. The van der Waals surface area contributed by atoms with Gasteiger partial charge in [-0.25, -0.2) is 4.39 Å². The highest BCUT2D eigenvalue weighted by Crippen LogP contribution is 2.23. The van der Waals surface area contributed by atoms with E-state index in [1.54, 1.807) is 0 Å². The second-order valence-corrected chi connectivity index (χ2v) is 2.22.